The molecule has 2 atom stereocenters. The highest BCUT2D eigenvalue weighted by molar-refractivity contribution is 4.78. The van der Waals surface area contributed by atoms with Crippen LogP contribution in [0, 0.1) is 0 Å². The van der Waals surface area contributed by atoms with Gasteiger partial charge >= 0.3 is 0 Å². The van der Waals surface area contributed by atoms with Gasteiger partial charge in [0.15, 0.2) is 0 Å². The Morgan fingerprint density at radius 2 is 2.40 bits per heavy atom. The van der Waals surface area contributed by atoms with Crippen LogP contribution in [0.15, 0.2) is 0 Å². The SMILES string of the molecule is CC(N)CC1CCCN1C. The molecular formula is C8H18N2. The molecule has 0 spiro atoms. The summed E-state index contributed by atoms with van der Waals surface area (Å²) in [6, 6.07) is 1.13. The van der Waals surface area contributed by atoms with Gasteiger partial charge in [0.1, 0.15) is 0 Å². The van der Waals surface area contributed by atoms with Gasteiger partial charge in [-0.15, -0.1) is 0 Å². The molecule has 0 bridgehead atoms. The van der Waals surface area contributed by atoms with E-state index in [0.717, 1.165) is 12.5 Å². The van der Waals surface area contributed by atoms with E-state index in [2.05, 4.69) is 18.9 Å². The molecule has 0 radical (unpaired) electrons. The van der Waals surface area contributed by atoms with Crippen molar-refractivity contribution < 1.29 is 0 Å². The van der Waals surface area contributed by atoms with E-state index in [1.54, 1.807) is 0 Å². The van der Waals surface area contributed by atoms with Gasteiger partial charge < -0.3 is 10.6 Å². The number of hydrogen-bond acceptors (Lipinski definition) is 2. The summed E-state index contributed by atoms with van der Waals surface area (Å²) in [6.07, 6.45) is 3.86. The lowest BCUT2D eigenvalue weighted by Crippen LogP contribution is -2.31. The molecule has 2 N–H and O–H groups in total. The van der Waals surface area contributed by atoms with Gasteiger partial charge in [0.25, 0.3) is 0 Å². The summed E-state index contributed by atoms with van der Waals surface area (Å²) in [5, 5.41) is 0. The molecule has 2 unspecified atom stereocenters. The van der Waals surface area contributed by atoms with Gasteiger partial charge in [-0.25, -0.2) is 0 Å². The lowest BCUT2D eigenvalue weighted by atomic mass is 10.1. The Labute approximate surface area is 63.4 Å². The van der Waals surface area contributed by atoms with Gasteiger partial charge in [-0.05, 0) is 39.8 Å². The third kappa shape index (κ3) is 1.96. The number of likely N-dealkylation sites (tertiary alicyclic amines) is 1. The summed E-state index contributed by atoms with van der Waals surface area (Å²) in [5.41, 5.74) is 5.71. The fourth-order valence-electron chi connectivity index (χ4n) is 1.71. The number of rotatable bonds is 2. The van der Waals surface area contributed by atoms with Crippen molar-refractivity contribution in [2.24, 2.45) is 5.73 Å². The van der Waals surface area contributed by atoms with Crippen molar-refractivity contribution in [3.8, 4) is 0 Å². The first-order valence-electron chi connectivity index (χ1n) is 4.16. The third-order valence-corrected chi connectivity index (χ3v) is 2.32. The monoisotopic (exact) mass is 142 g/mol. The molecule has 10 heavy (non-hydrogen) atoms. The Kier molecular flexibility index (Phi) is 2.69. The fraction of sp³-hybridized carbons (Fsp3) is 1.00. The Bertz CT molecular complexity index is 101. The van der Waals surface area contributed by atoms with Crippen LogP contribution in [0.3, 0.4) is 0 Å². The van der Waals surface area contributed by atoms with Crippen molar-refractivity contribution in [1.29, 1.82) is 0 Å². The summed E-state index contributed by atoms with van der Waals surface area (Å²) in [4.78, 5) is 2.42. The maximum Gasteiger partial charge on any atom is 0.0107 e. The molecule has 2 heteroatoms. The molecule has 0 saturated carbocycles. The lowest BCUT2D eigenvalue weighted by molar-refractivity contribution is 0.285. The molecule has 1 aliphatic rings. The van der Waals surface area contributed by atoms with Crippen molar-refractivity contribution in [2.45, 2.75) is 38.3 Å². The fourth-order valence-corrected chi connectivity index (χ4v) is 1.71. The van der Waals surface area contributed by atoms with E-state index in [0.29, 0.717) is 6.04 Å². The number of nitrogens with zero attached hydrogens (tertiary/aromatic N) is 1. The highest BCUT2D eigenvalue weighted by atomic mass is 15.1. The quantitative estimate of drug-likeness (QED) is 0.618. The molecule has 1 heterocycles. The second-order valence-electron chi connectivity index (χ2n) is 3.49. The maximum atomic E-state index is 5.71. The summed E-state index contributed by atoms with van der Waals surface area (Å²) < 4.78 is 0. The van der Waals surface area contributed by atoms with Crippen LogP contribution in [0.2, 0.25) is 0 Å². The van der Waals surface area contributed by atoms with E-state index in [-0.39, 0.29) is 0 Å². The molecule has 1 rings (SSSR count). The highest BCUT2D eigenvalue weighted by Crippen LogP contribution is 2.18. The molecule has 1 saturated heterocycles. The average molecular weight is 142 g/mol. The molecule has 0 aromatic heterocycles. The summed E-state index contributed by atoms with van der Waals surface area (Å²) in [6.45, 7) is 3.35. The summed E-state index contributed by atoms with van der Waals surface area (Å²) in [5.74, 6) is 0. The third-order valence-electron chi connectivity index (χ3n) is 2.32. The van der Waals surface area contributed by atoms with Crippen molar-refractivity contribution in [3.63, 3.8) is 0 Å². The topological polar surface area (TPSA) is 29.3 Å². The Balaban J connectivity index is 2.26. The van der Waals surface area contributed by atoms with E-state index >= 15 is 0 Å². The molecule has 1 aliphatic heterocycles. The van der Waals surface area contributed by atoms with E-state index in [1.165, 1.54) is 19.4 Å². The summed E-state index contributed by atoms with van der Waals surface area (Å²) in [7, 11) is 2.19. The van der Waals surface area contributed by atoms with E-state index in [9.17, 15) is 0 Å². The smallest absolute Gasteiger partial charge is 0.0107 e. The standard InChI is InChI=1S/C8H18N2/c1-7(9)6-8-4-3-5-10(8)2/h7-8H,3-6,9H2,1-2H3. The predicted molar refractivity (Wildman–Crippen MR) is 43.9 cm³/mol. The van der Waals surface area contributed by atoms with Gasteiger partial charge in [-0.2, -0.15) is 0 Å². The van der Waals surface area contributed by atoms with Crippen molar-refractivity contribution in [3.05, 3.63) is 0 Å². The largest absolute Gasteiger partial charge is 0.328 e. The minimum Gasteiger partial charge on any atom is -0.328 e. The summed E-state index contributed by atoms with van der Waals surface area (Å²) >= 11 is 0. The van der Waals surface area contributed by atoms with Crippen LogP contribution in [0.5, 0.6) is 0 Å². The zero-order chi connectivity index (χ0) is 7.56. The first kappa shape index (κ1) is 8.02. The Hall–Kier alpha value is -0.0800. The van der Waals surface area contributed by atoms with Crippen LogP contribution in [0.25, 0.3) is 0 Å². The predicted octanol–water partition coefficient (Wildman–Crippen LogP) is 0.818. The van der Waals surface area contributed by atoms with Crippen LogP contribution >= 0.6 is 0 Å². The molecule has 0 amide bonds. The second-order valence-corrected chi connectivity index (χ2v) is 3.49. The molecule has 1 fully saturated rings. The van der Waals surface area contributed by atoms with Crippen LogP contribution in [-0.4, -0.2) is 30.6 Å². The number of nitrogens with two attached hydrogens (primary N) is 1. The number of hydrogen-bond donors (Lipinski definition) is 1. The maximum absolute atomic E-state index is 5.71. The van der Waals surface area contributed by atoms with E-state index < -0.39 is 0 Å². The van der Waals surface area contributed by atoms with Crippen molar-refractivity contribution in [2.75, 3.05) is 13.6 Å². The van der Waals surface area contributed by atoms with Gasteiger partial charge in [0.05, 0.1) is 0 Å². The molecule has 0 aliphatic carbocycles. The molecular weight excluding hydrogens is 124 g/mol. The molecule has 2 nitrogen and oxygen atoms in total. The van der Waals surface area contributed by atoms with Gasteiger partial charge in [0.2, 0.25) is 0 Å². The zero-order valence-corrected chi connectivity index (χ0v) is 7.01. The first-order valence-corrected chi connectivity index (χ1v) is 4.16. The Morgan fingerprint density at radius 3 is 2.80 bits per heavy atom. The van der Waals surface area contributed by atoms with Crippen molar-refractivity contribution in [1.82, 2.24) is 4.90 Å². The van der Waals surface area contributed by atoms with Crippen LogP contribution in [0.1, 0.15) is 26.2 Å². The second kappa shape index (κ2) is 3.35. The average Bonchev–Trinajstić information content (AvgIpc) is 2.15. The minimum atomic E-state index is 0.366. The lowest BCUT2D eigenvalue weighted by Gasteiger charge is -2.20. The normalized spacial score (nSPS) is 30.9. The Morgan fingerprint density at radius 1 is 1.70 bits per heavy atom. The first-order chi connectivity index (χ1) is 4.70. The zero-order valence-electron chi connectivity index (χ0n) is 7.01. The van der Waals surface area contributed by atoms with Gasteiger partial charge in [-0.1, -0.05) is 0 Å². The van der Waals surface area contributed by atoms with E-state index in [1.807, 2.05) is 0 Å². The van der Waals surface area contributed by atoms with Crippen LogP contribution < -0.4 is 5.73 Å². The molecule has 0 aromatic rings. The molecule has 60 valence electrons. The van der Waals surface area contributed by atoms with Gasteiger partial charge in [-0.3, -0.25) is 0 Å². The highest BCUT2D eigenvalue weighted by Gasteiger charge is 2.21. The van der Waals surface area contributed by atoms with Crippen molar-refractivity contribution >= 4 is 0 Å². The van der Waals surface area contributed by atoms with Crippen LogP contribution in [0.4, 0.5) is 0 Å². The van der Waals surface area contributed by atoms with Crippen LogP contribution in [-0.2, 0) is 0 Å². The van der Waals surface area contributed by atoms with E-state index in [4.69, 9.17) is 5.73 Å². The minimum absolute atomic E-state index is 0.366. The van der Waals surface area contributed by atoms with Gasteiger partial charge in [0, 0.05) is 12.1 Å². The molecule has 0 aromatic carbocycles.